The highest BCUT2D eigenvalue weighted by molar-refractivity contribution is 7.89. The average Bonchev–Trinajstić information content (AvgIpc) is 3.32. The van der Waals surface area contributed by atoms with Crippen molar-refractivity contribution in [3.8, 4) is 0 Å². The van der Waals surface area contributed by atoms with E-state index in [-0.39, 0.29) is 16.9 Å². The van der Waals surface area contributed by atoms with Gasteiger partial charge in [0.05, 0.1) is 18.1 Å². The first kappa shape index (κ1) is 18.8. The van der Waals surface area contributed by atoms with Gasteiger partial charge in [-0.15, -0.1) is 0 Å². The van der Waals surface area contributed by atoms with E-state index in [1.165, 1.54) is 29.0 Å². The SMILES string of the molecule is Cn1cnc(S(=O)(=O)N2CCC[C@H]2c2cccc(Cc3cccc(F)c3)n2)c1. The number of halogens is 1. The number of sulfonamides is 1. The van der Waals surface area contributed by atoms with Gasteiger partial charge in [-0.2, -0.15) is 4.31 Å². The van der Waals surface area contributed by atoms with Gasteiger partial charge in [-0.05, 0) is 42.7 Å². The molecular formula is C20H21FN4O2S. The van der Waals surface area contributed by atoms with Crippen LogP contribution in [0.1, 0.15) is 35.8 Å². The summed E-state index contributed by atoms with van der Waals surface area (Å²) < 4.78 is 42.6. The molecule has 146 valence electrons. The Morgan fingerprint density at radius 2 is 2.04 bits per heavy atom. The number of hydrogen-bond acceptors (Lipinski definition) is 4. The number of rotatable bonds is 5. The van der Waals surface area contributed by atoms with Gasteiger partial charge < -0.3 is 4.57 Å². The lowest BCUT2D eigenvalue weighted by molar-refractivity contribution is 0.388. The lowest BCUT2D eigenvalue weighted by Crippen LogP contribution is -2.31. The van der Waals surface area contributed by atoms with Gasteiger partial charge in [0, 0.05) is 31.9 Å². The lowest BCUT2D eigenvalue weighted by Gasteiger charge is -2.23. The van der Waals surface area contributed by atoms with Crippen LogP contribution in [0.4, 0.5) is 4.39 Å². The van der Waals surface area contributed by atoms with E-state index in [0.29, 0.717) is 25.1 Å². The van der Waals surface area contributed by atoms with E-state index in [2.05, 4.69) is 9.97 Å². The molecule has 1 saturated heterocycles. The van der Waals surface area contributed by atoms with Crippen LogP contribution >= 0.6 is 0 Å². The normalized spacial score (nSPS) is 17.9. The molecule has 6 nitrogen and oxygen atoms in total. The third-order valence-corrected chi connectivity index (χ3v) is 6.70. The average molecular weight is 400 g/mol. The minimum atomic E-state index is -3.68. The van der Waals surface area contributed by atoms with Gasteiger partial charge in [0.25, 0.3) is 10.0 Å². The van der Waals surface area contributed by atoms with Crippen molar-refractivity contribution in [1.82, 2.24) is 18.8 Å². The highest BCUT2D eigenvalue weighted by Crippen LogP contribution is 2.35. The molecule has 0 saturated carbocycles. The zero-order chi connectivity index (χ0) is 19.7. The summed E-state index contributed by atoms with van der Waals surface area (Å²) in [5.41, 5.74) is 2.32. The molecule has 0 N–H and O–H groups in total. The number of nitrogens with zero attached hydrogens (tertiary/aromatic N) is 4. The van der Waals surface area contributed by atoms with Crippen molar-refractivity contribution in [2.75, 3.05) is 6.54 Å². The minimum Gasteiger partial charge on any atom is -0.339 e. The quantitative estimate of drug-likeness (QED) is 0.660. The Labute approximate surface area is 163 Å². The van der Waals surface area contributed by atoms with E-state index in [0.717, 1.165) is 17.7 Å². The predicted molar refractivity (Wildman–Crippen MR) is 103 cm³/mol. The summed E-state index contributed by atoms with van der Waals surface area (Å²) in [4.78, 5) is 8.71. The molecule has 1 aliphatic heterocycles. The second kappa shape index (κ2) is 7.44. The van der Waals surface area contributed by atoms with E-state index in [1.807, 2.05) is 24.3 Å². The van der Waals surface area contributed by atoms with Crippen LogP contribution in [0.15, 0.2) is 60.0 Å². The standard InChI is InChI=1S/C20H21FN4O2S/c1-24-13-20(22-14-24)28(26,27)25-10-4-9-19(25)18-8-3-7-17(23-18)12-15-5-2-6-16(21)11-15/h2-3,5-8,11,13-14,19H,4,9-10,12H2,1H3/t19-/m0/s1. The third-order valence-electron chi connectivity index (χ3n) is 4.90. The fourth-order valence-corrected chi connectivity index (χ4v) is 5.24. The maximum absolute atomic E-state index is 13.4. The number of aryl methyl sites for hydroxylation is 1. The Kier molecular flexibility index (Phi) is 4.99. The van der Waals surface area contributed by atoms with Gasteiger partial charge in [-0.3, -0.25) is 4.98 Å². The second-order valence-electron chi connectivity index (χ2n) is 7.01. The Morgan fingerprint density at radius 3 is 2.79 bits per heavy atom. The van der Waals surface area contributed by atoms with Gasteiger partial charge in [0.1, 0.15) is 5.82 Å². The van der Waals surface area contributed by atoms with Crippen LogP contribution in [0, 0.1) is 5.82 Å². The van der Waals surface area contributed by atoms with Crippen LogP contribution in [0.5, 0.6) is 0 Å². The molecule has 1 fully saturated rings. The Balaban J connectivity index is 1.61. The van der Waals surface area contributed by atoms with E-state index in [4.69, 9.17) is 0 Å². The molecule has 0 spiro atoms. The summed E-state index contributed by atoms with van der Waals surface area (Å²) in [6, 6.07) is 11.7. The van der Waals surface area contributed by atoms with Crippen LogP contribution in [0.2, 0.25) is 0 Å². The Morgan fingerprint density at radius 1 is 1.21 bits per heavy atom. The van der Waals surface area contributed by atoms with Gasteiger partial charge in [0.15, 0.2) is 5.03 Å². The van der Waals surface area contributed by atoms with Crippen molar-refractivity contribution in [3.63, 3.8) is 0 Å². The topological polar surface area (TPSA) is 68.1 Å². The zero-order valence-corrected chi connectivity index (χ0v) is 16.3. The number of hydrogen-bond donors (Lipinski definition) is 0. The molecule has 3 heterocycles. The maximum atomic E-state index is 13.4. The fraction of sp³-hybridized carbons (Fsp3) is 0.300. The van der Waals surface area contributed by atoms with Crippen LogP contribution < -0.4 is 0 Å². The highest BCUT2D eigenvalue weighted by Gasteiger charge is 2.38. The number of benzene rings is 1. The van der Waals surface area contributed by atoms with E-state index in [1.54, 1.807) is 17.7 Å². The van der Waals surface area contributed by atoms with Crippen molar-refractivity contribution in [1.29, 1.82) is 0 Å². The summed E-state index contributed by atoms with van der Waals surface area (Å²) >= 11 is 0. The third kappa shape index (κ3) is 3.70. The minimum absolute atomic E-state index is 0.0535. The van der Waals surface area contributed by atoms with Crippen molar-refractivity contribution in [3.05, 3.63) is 77.8 Å². The van der Waals surface area contributed by atoms with Crippen molar-refractivity contribution in [2.45, 2.75) is 30.3 Å². The molecule has 0 radical (unpaired) electrons. The number of pyridine rings is 1. The molecule has 1 aliphatic rings. The molecule has 0 amide bonds. The second-order valence-corrected chi connectivity index (χ2v) is 8.85. The first-order valence-corrected chi connectivity index (χ1v) is 10.6. The number of imidazole rings is 1. The van der Waals surface area contributed by atoms with E-state index in [9.17, 15) is 12.8 Å². The van der Waals surface area contributed by atoms with Crippen molar-refractivity contribution in [2.24, 2.45) is 7.05 Å². The molecule has 0 bridgehead atoms. The molecule has 3 aromatic rings. The van der Waals surface area contributed by atoms with E-state index >= 15 is 0 Å². The first-order valence-electron chi connectivity index (χ1n) is 9.13. The molecule has 28 heavy (non-hydrogen) atoms. The largest absolute Gasteiger partial charge is 0.339 e. The maximum Gasteiger partial charge on any atom is 0.262 e. The number of aromatic nitrogens is 3. The summed E-state index contributed by atoms with van der Waals surface area (Å²) in [5.74, 6) is -0.280. The highest BCUT2D eigenvalue weighted by atomic mass is 32.2. The molecule has 8 heteroatoms. The van der Waals surface area contributed by atoms with Gasteiger partial charge in [0.2, 0.25) is 0 Å². The summed E-state index contributed by atoms with van der Waals surface area (Å²) in [6.07, 6.45) is 4.97. The van der Waals surface area contributed by atoms with Crippen LogP contribution in [-0.4, -0.2) is 33.8 Å². The molecule has 0 unspecified atom stereocenters. The molecular weight excluding hydrogens is 379 g/mol. The fourth-order valence-electron chi connectivity index (χ4n) is 3.60. The van der Waals surface area contributed by atoms with Gasteiger partial charge >= 0.3 is 0 Å². The molecule has 1 atom stereocenters. The van der Waals surface area contributed by atoms with Crippen LogP contribution in [0.25, 0.3) is 0 Å². The summed E-state index contributed by atoms with van der Waals surface area (Å²) in [6.45, 7) is 0.444. The van der Waals surface area contributed by atoms with E-state index < -0.39 is 10.0 Å². The molecule has 0 aliphatic carbocycles. The van der Waals surface area contributed by atoms with Crippen LogP contribution in [0.3, 0.4) is 0 Å². The Bertz CT molecular complexity index is 1100. The van der Waals surface area contributed by atoms with Crippen LogP contribution in [-0.2, 0) is 23.5 Å². The first-order chi connectivity index (χ1) is 13.4. The summed E-state index contributed by atoms with van der Waals surface area (Å²) in [7, 11) is -1.94. The molecule has 4 rings (SSSR count). The molecule has 2 aromatic heterocycles. The summed E-state index contributed by atoms with van der Waals surface area (Å²) in [5, 5.41) is 0.0535. The lowest BCUT2D eigenvalue weighted by atomic mass is 10.1. The van der Waals surface area contributed by atoms with Gasteiger partial charge in [-0.25, -0.2) is 17.8 Å². The monoisotopic (exact) mass is 400 g/mol. The molecule has 1 aromatic carbocycles. The zero-order valence-electron chi connectivity index (χ0n) is 15.5. The van der Waals surface area contributed by atoms with Gasteiger partial charge in [-0.1, -0.05) is 18.2 Å². The predicted octanol–water partition coefficient (Wildman–Crippen LogP) is 3.07. The Hall–Kier alpha value is -2.58. The smallest absolute Gasteiger partial charge is 0.262 e. The van der Waals surface area contributed by atoms with Crippen molar-refractivity contribution >= 4 is 10.0 Å². The van der Waals surface area contributed by atoms with Crippen molar-refractivity contribution < 1.29 is 12.8 Å².